The molecule has 1 heterocycles. The van der Waals surface area contributed by atoms with E-state index in [2.05, 4.69) is 5.32 Å². The van der Waals surface area contributed by atoms with E-state index in [0.717, 1.165) is 37.1 Å². The molecule has 1 N–H and O–H groups in total. The summed E-state index contributed by atoms with van der Waals surface area (Å²) in [4.78, 5) is 0. The minimum atomic E-state index is -4.25. The van der Waals surface area contributed by atoms with Gasteiger partial charge < -0.3 is 5.32 Å². The molecule has 1 aromatic rings. The van der Waals surface area contributed by atoms with Crippen molar-refractivity contribution in [3.63, 3.8) is 0 Å². The first-order valence-electron chi connectivity index (χ1n) is 5.35. The number of hydrogen-bond donors (Lipinski definition) is 1. The van der Waals surface area contributed by atoms with E-state index in [1.165, 1.54) is 0 Å². The van der Waals surface area contributed by atoms with Crippen molar-refractivity contribution in [2.75, 3.05) is 6.54 Å². The minimum absolute atomic E-state index is 0.163. The molecule has 0 aliphatic carbocycles. The van der Waals surface area contributed by atoms with Gasteiger partial charge >= 0.3 is 6.18 Å². The minimum Gasteiger partial charge on any atom is -0.308 e. The van der Waals surface area contributed by atoms with Crippen LogP contribution in [0.3, 0.4) is 0 Å². The van der Waals surface area contributed by atoms with Gasteiger partial charge in [0.05, 0.1) is 5.56 Å². The molecule has 1 aromatic carbocycles. The summed E-state index contributed by atoms with van der Waals surface area (Å²) in [5.74, 6) is 0. The van der Waals surface area contributed by atoms with Crippen LogP contribution in [0.15, 0.2) is 24.3 Å². The van der Waals surface area contributed by atoms with Gasteiger partial charge in [-0.25, -0.2) is 0 Å². The Morgan fingerprint density at radius 3 is 2.25 bits per heavy atom. The van der Waals surface area contributed by atoms with Gasteiger partial charge in [0.1, 0.15) is 0 Å². The molecule has 1 nitrogen and oxygen atoms in total. The van der Waals surface area contributed by atoms with Gasteiger partial charge in [-0.15, -0.1) is 0 Å². The lowest BCUT2D eigenvalue weighted by atomic mass is 9.90. The fraction of sp³-hybridized carbons (Fsp3) is 0.500. The molecule has 1 aliphatic heterocycles. The van der Waals surface area contributed by atoms with Crippen molar-refractivity contribution >= 4 is 0 Å². The lowest BCUT2D eigenvalue weighted by Crippen LogP contribution is -2.33. The van der Waals surface area contributed by atoms with Crippen LogP contribution in [0.2, 0.25) is 0 Å². The van der Waals surface area contributed by atoms with Crippen LogP contribution in [0.1, 0.15) is 30.9 Å². The largest absolute Gasteiger partial charge is 0.416 e. The van der Waals surface area contributed by atoms with E-state index in [-0.39, 0.29) is 5.54 Å². The van der Waals surface area contributed by atoms with Gasteiger partial charge in [-0.1, -0.05) is 12.1 Å². The molecule has 0 aromatic heterocycles. The third kappa shape index (κ3) is 2.07. The maximum absolute atomic E-state index is 12.4. The Morgan fingerprint density at radius 2 is 1.81 bits per heavy atom. The summed E-state index contributed by atoms with van der Waals surface area (Å²) >= 11 is 0. The van der Waals surface area contributed by atoms with Gasteiger partial charge in [-0.05, 0) is 44.0 Å². The van der Waals surface area contributed by atoms with E-state index in [1.807, 2.05) is 6.92 Å². The quantitative estimate of drug-likeness (QED) is 0.779. The Kier molecular flexibility index (Phi) is 2.70. The smallest absolute Gasteiger partial charge is 0.308 e. The van der Waals surface area contributed by atoms with Gasteiger partial charge in [-0.2, -0.15) is 13.2 Å². The second kappa shape index (κ2) is 3.77. The van der Waals surface area contributed by atoms with Crippen LogP contribution >= 0.6 is 0 Å². The molecule has 1 atom stereocenters. The Hall–Kier alpha value is -1.03. The van der Waals surface area contributed by atoms with Gasteiger partial charge in [0, 0.05) is 5.54 Å². The highest BCUT2D eigenvalue weighted by Crippen LogP contribution is 2.33. The van der Waals surface area contributed by atoms with Crippen molar-refractivity contribution in [1.29, 1.82) is 0 Å². The second-order valence-electron chi connectivity index (χ2n) is 4.44. The topological polar surface area (TPSA) is 12.0 Å². The number of rotatable bonds is 1. The summed E-state index contributed by atoms with van der Waals surface area (Å²) in [7, 11) is 0. The Morgan fingerprint density at radius 1 is 1.19 bits per heavy atom. The molecule has 0 radical (unpaired) electrons. The maximum Gasteiger partial charge on any atom is 0.416 e. The highest BCUT2D eigenvalue weighted by Gasteiger charge is 2.33. The monoisotopic (exact) mass is 229 g/mol. The molecule has 1 fully saturated rings. The predicted octanol–water partition coefficient (Wildman–Crippen LogP) is 3.30. The summed E-state index contributed by atoms with van der Waals surface area (Å²) in [6.07, 6.45) is -2.21. The van der Waals surface area contributed by atoms with Crippen molar-refractivity contribution in [3.05, 3.63) is 35.4 Å². The van der Waals surface area contributed by atoms with E-state index >= 15 is 0 Å². The van der Waals surface area contributed by atoms with Crippen LogP contribution in [0.4, 0.5) is 13.2 Å². The van der Waals surface area contributed by atoms with Gasteiger partial charge in [0.15, 0.2) is 0 Å². The van der Waals surface area contributed by atoms with E-state index in [0.29, 0.717) is 0 Å². The maximum atomic E-state index is 12.4. The number of hydrogen-bond acceptors (Lipinski definition) is 1. The third-order valence-corrected chi connectivity index (χ3v) is 3.22. The van der Waals surface area contributed by atoms with Crippen molar-refractivity contribution in [2.24, 2.45) is 0 Å². The highest BCUT2D eigenvalue weighted by atomic mass is 19.4. The Bertz CT molecular complexity index is 361. The van der Waals surface area contributed by atoms with E-state index in [9.17, 15) is 13.2 Å². The van der Waals surface area contributed by atoms with E-state index < -0.39 is 11.7 Å². The normalized spacial score (nSPS) is 26.0. The molecule has 0 bridgehead atoms. The molecule has 0 amide bonds. The highest BCUT2D eigenvalue weighted by molar-refractivity contribution is 5.30. The van der Waals surface area contributed by atoms with Crippen molar-refractivity contribution in [1.82, 2.24) is 5.32 Å². The molecule has 1 saturated heterocycles. The molecule has 0 saturated carbocycles. The summed E-state index contributed by atoms with van der Waals surface area (Å²) in [5, 5.41) is 3.33. The van der Waals surface area contributed by atoms with Crippen molar-refractivity contribution in [2.45, 2.75) is 31.5 Å². The summed E-state index contributed by atoms with van der Waals surface area (Å²) in [5.41, 5.74) is 0.181. The molecule has 0 unspecified atom stereocenters. The first kappa shape index (κ1) is 11.5. The molecule has 88 valence electrons. The van der Waals surface area contributed by atoms with Crippen LogP contribution < -0.4 is 5.32 Å². The lowest BCUT2D eigenvalue weighted by molar-refractivity contribution is -0.137. The summed E-state index contributed by atoms with van der Waals surface area (Å²) < 4.78 is 37.1. The Balaban J connectivity index is 2.26. The van der Waals surface area contributed by atoms with Crippen LogP contribution in [-0.2, 0) is 11.7 Å². The lowest BCUT2D eigenvalue weighted by Gasteiger charge is -2.25. The predicted molar refractivity (Wildman–Crippen MR) is 56.0 cm³/mol. The molecule has 2 rings (SSSR count). The zero-order valence-corrected chi connectivity index (χ0v) is 9.06. The first-order chi connectivity index (χ1) is 7.42. The average molecular weight is 229 g/mol. The Labute approximate surface area is 92.7 Å². The van der Waals surface area contributed by atoms with E-state index in [4.69, 9.17) is 0 Å². The standard InChI is InChI=1S/C12H14F3N/c1-11(7-2-8-16-11)9-3-5-10(6-4-9)12(13,14)15/h3-6,16H,2,7-8H2,1H3/t11-/m0/s1. The molecule has 4 heteroatoms. The summed E-state index contributed by atoms with van der Waals surface area (Å²) in [6, 6.07) is 5.45. The molecular weight excluding hydrogens is 215 g/mol. The fourth-order valence-corrected chi connectivity index (χ4v) is 2.17. The van der Waals surface area contributed by atoms with Crippen molar-refractivity contribution < 1.29 is 13.2 Å². The second-order valence-corrected chi connectivity index (χ2v) is 4.44. The van der Waals surface area contributed by atoms with E-state index in [1.54, 1.807) is 12.1 Å². The van der Waals surface area contributed by atoms with Gasteiger partial charge in [0.25, 0.3) is 0 Å². The zero-order chi connectivity index (χ0) is 11.8. The van der Waals surface area contributed by atoms with Gasteiger partial charge in [0.2, 0.25) is 0 Å². The summed E-state index contributed by atoms with van der Waals surface area (Å²) in [6.45, 7) is 2.96. The number of alkyl halides is 3. The van der Waals surface area contributed by atoms with Crippen LogP contribution in [0.25, 0.3) is 0 Å². The van der Waals surface area contributed by atoms with Crippen LogP contribution in [0.5, 0.6) is 0 Å². The van der Waals surface area contributed by atoms with Gasteiger partial charge in [-0.3, -0.25) is 0 Å². The molecular formula is C12H14F3N. The fourth-order valence-electron chi connectivity index (χ4n) is 2.17. The molecule has 16 heavy (non-hydrogen) atoms. The number of benzene rings is 1. The first-order valence-corrected chi connectivity index (χ1v) is 5.35. The number of halogens is 3. The SMILES string of the molecule is C[C@@]1(c2ccc(C(F)(F)F)cc2)CCCN1. The van der Waals surface area contributed by atoms with Crippen molar-refractivity contribution in [3.8, 4) is 0 Å². The molecule has 0 spiro atoms. The third-order valence-electron chi connectivity index (χ3n) is 3.22. The zero-order valence-electron chi connectivity index (χ0n) is 9.06. The van der Waals surface area contributed by atoms with Crippen LogP contribution in [-0.4, -0.2) is 6.54 Å². The average Bonchev–Trinajstić information content (AvgIpc) is 2.66. The molecule has 1 aliphatic rings. The number of nitrogens with one attached hydrogen (secondary N) is 1. The van der Waals surface area contributed by atoms with Crippen LogP contribution in [0, 0.1) is 0 Å².